The molecule has 4 N–H and O–H groups in total. The molecule has 1 aromatic carbocycles. The van der Waals surface area contributed by atoms with Crippen LogP contribution in [0.25, 0.3) is 0 Å². The minimum atomic E-state index is -0.434. The minimum Gasteiger partial charge on any atom is -0.399 e. The molecule has 1 unspecified atom stereocenters. The van der Waals surface area contributed by atoms with Gasteiger partial charge in [0, 0.05) is 18.3 Å². The Kier molecular flexibility index (Phi) is 2.60. The van der Waals surface area contributed by atoms with Crippen molar-refractivity contribution in [3.63, 3.8) is 0 Å². The van der Waals surface area contributed by atoms with Crippen LogP contribution in [0.4, 0.5) is 5.69 Å². The van der Waals surface area contributed by atoms with Gasteiger partial charge in [-0.05, 0) is 55.4 Å². The lowest BCUT2D eigenvalue weighted by Gasteiger charge is -2.37. The van der Waals surface area contributed by atoms with Crippen molar-refractivity contribution >= 4 is 5.69 Å². The Balaban J connectivity index is 1.67. The van der Waals surface area contributed by atoms with Crippen LogP contribution in [-0.2, 0) is 6.42 Å². The predicted octanol–water partition coefficient (Wildman–Crippen LogP) is 1.76. The SMILES string of the molecule is Nc1ccc2c(c1)CCC2NCC1(O)CCC1. The number of rotatable bonds is 3. The standard InChI is InChI=1S/C14H20N2O/c15-11-3-4-12-10(8-11)2-5-13(12)16-9-14(17)6-1-7-14/h3-4,8,13,16-17H,1-2,5-7,9,15H2. The van der Waals surface area contributed by atoms with E-state index in [1.807, 2.05) is 6.07 Å². The number of benzene rings is 1. The predicted molar refractivity (Wildman–Crippen MR) is 68.7 cm³/mol. The van der Waals surface area contributed by atoms with Crippen LogP contribution in [-0.4, -0.2) is 17.3 Å². The van der Waals surface area contributed by atoms with Gasteiger partial charge in [0.25, 0.3) is 0 Å². The summed E-state index contributed by atoms with van der Waals surface area (Å²) in [5.74, 6) is 0. The fourth-order valence-corrected chi connectivity index (χ4v) is 2.92. The molecule has 0 aromatic heterocycles. The molecule has 1 atom stereocenters. The number of hydrogen-bond acceptors (Lipinski definition) is 3. The normalized spacial score (nSPS) is 25.4. The molecule has 92 valence electrons. The van der Waals surface area contributed by atoms with Crippen molar-refractivity contribution in [2.45, 2.75) is 43.7 Å². The Bertz CT molecular complexity index is 426. The van der Waals surface area contributed by atoms with Crippen LogP contribution in [0.3, 0.4) is 0 Å². The molecule has 3 heteroatoms. The van der Waals surface area contributed by atoms with Crippen LogP contribution in [0.15, 0.2) is 18.2 Å². The van der Waals surface area contributed by atoms with E-state index >= 15 is 0 Å². The van der Waals surface area contributed by atoms with Crippen LogP contribution >= 0.6 is 0 Å². The first-order valence-corrected chi connectivity index (χ1v) is 6.50. The fourth-order valence-electron chi connectivity index (χ4n) is 2.92. The first kappa shape index (κ1) is 11.1. The number of nitrogen functional groups attached to an aromatic ring is 1. The molecule has 2 aliphatic rings. The third kappa shape index (κ3) is 2.05. The Labute approximate surface area is 102 Å². The van der Waals surface area contributed by atoms with Gasteiger partial charge in [0.2, 0.25) is 0 Å². The summed E-state index contributed by atoms with van der Waals surface area (Å²) in [4.78, 5) is 0. The lowest BCUT2D eigenvalue weighted by Crippen LogP contribution is -2.46. The summed E-state index contributed by atoms with van der Waals surface area (Å²) in [5.41, 5.74) is 8.93. The van der Waals surface area contributed by atoms with Gasteiger partial charge in [-0.15, -0.1) is 0 Å². The van der Waals surface area contributed by atoms with E-state index in [1.54, 1.807) is 0 Å². The molecule has 0 aliphatic heterocycles. The summed E-state index contributed by atoms with van der Waals surface area (Å²) in [6.07, 6.45) is 5.27. The second-order valence-electron chi connectivity index (χ2n) is 5.51. The van der Waals surface area contributed by atoms with Crippen molar-refractivity contribution in [2.24, 2.45) is 0 Å². The topological polar surface area (TPSA) is 58.3 Å². The second-order valence-corrected chi connectivity index (χ2v) is 5.51. The van der Waals surface area contributed by atoms with Gasteiger partial charge in [-0.25, -0.2) is 0 Å². The molecule has 1 aromatic rings. The zero-order valence-corrected chi connectivity index (χ0v) is 10.1. The molecular weight excluding hydrogens is 212 g/mol. The van der Waals surface area contributed by atoms with E-state index < -0.39 is 5.60 Å². The molecule has 3 nitrogen and oxygen atoms in total. The molecule has 0 bridgehead atoms. The molecule has 17 heavy (non-hydrogen) atoms. The van der Waals surface area contributed by atoms with Gasteiger partial charge in [0.15, 0.2) is 0 Å². The zero-order chi connectivity index (χ0) is 11.9. The van der Waals surface area contributed by atoms with Crippen molar-refractivity contribution < 1.29 is 5.11 Å². The van der Waals surface area contributed by atoms with Crippen molar-refractivity contribution in [2.75, 3.05) is 12.3 Å². The maximum Gasteiger partial charge on any atom is 0.0771 e. The van der Waals surface area contributed by atoms with E-state index in [1.165, 1.54) is 11.1 Å². The maximum atomic E-state index is 10.1. The minimum absolute atomic E-state index is 0.398. The van der Waals surface area contributed by atoms with E-state index in [9.17, 15) is 5.11 Å². The largest absolute Gasteiger partial charge is 0.399 e. The molecule has 1 saturated carbocycles. The van der Waals surface area contributed by atoms with Crippen molar-refractivity contribution in [3.05, 3.63) is 29.3 Å². The Hall–Kier alpha value is -1.06. The van der Waals surface area contributed by atoms with Gasteiger partial charge >= 0.3 is 0 Å². The molecule has 0 spiro atoms. The van der Waals surface area contributed by atoms with Crippen molar-refractivity contribution in [1.82, 2.24) is 5.32 Å². The number of nitrogens with two attached hydrogens (primary N) is 1. The number of aryl methyl sites for hydroxylation is 1. The van der Waals surface area contributed by atoms with Crippen LogP contribution in [0.5, 0.6) is 0 Å². The van der Waals surface area contributed by atoms with Gasteiger partial charge in [-0.2, -0.15) is 0 Å². The first-order chi connectivity index (χ1) is 8.16. The molecule has 3 rings (SSSR count). The average Bonchev–Trinajstić information content (AvgIpc) is 2.66. The summed E-state index contributed by atoms with van der Waals surface area (Å²) < 4.78 is 0. The zero-order valence-electron chi connectivity index (χ0n) is 10.1. The molecular formula is C14H20N2O. The summed E-state index contributed by atoms with van der Waals surface area (Å²) in [5, 5.41) is 13.6. The molecule has 0 radical (unpaired) electrons. The number of fused-ring (bicyclic) bond motifs is 1. The third-order valence-electron chi connectivity index (χ3n) is 4.21. The molecule has 0 saturated heterocycles. The summed E-state index contributed by atoms with van der Waals surface area (Å²) >= 11 is 0. The highest BCUT2D eigenvalue weighted by Crippen LogP contribution is 2.35. The van der Waals surface area contributed by atoms with Crippen LogP contribution in [0.1, 0.15) is 42.9 Å². The highest BCUT2D eigenvalue weighted by Gasteiger charge is 2.35. The summed E-state index contributed by atoms with van der Waals surface area (Å²) in [6.45, 7) is 0.724. The highest BCUT2D eigenvalue weighted by molar-refractivity contribution is 5.47. The Morgan fingerprint density at radius 1 is 1.41 bits per heavy atom. The molecule has 0 heterocycles. The monoisotopic (exact) mass is 232 g/mol. The quantitative estimate of drug-likeness (QED) is 0.696. The lowest BCUT2D eigenvalue weighted by atomic mass is 9.80. The van der Waals surface area contributed by atoms with Crippen LogP contribution < -0.4 is 11.1 Å². The Morgan fingerprint density at radius 3 is 2.94 bits per heavy atom. The smallest absolute Gasteiger partial charge is 0.0771 e. The number of nitrogens with one attached hydrogen (secondary N) is 1. The number of hydrogen-bond donors (Lipinski definition) is 3. The van der Waals surface area contributed by atoms with Crippen LogP contribution in [0, 0.1) is 0 Å². The third-order valence-corrected chi connectivity index (χ3v) is 4.21. The molecule has 1 fully saturated rings. The maximum absolute atomic E-state index is 10.1. The van der Waals surface area contributed by atoms with Gasteiger partial charge in [0.05, 0.1) is 5.60 Å². The molecule has 2 aliphatic carbocycles. The van der Waals surface area contributed by atoms with E-state index in [0.29, 0.717) is 6.04 Å². The van der Waals surface area contributed by atoms with Gasteiger partial charge < -0.3 is 16.2 Å². The summed E-state index contributed by atoms with van der Waals surface area (Å²) in [6, 6.07) is 6.57. The van der Waals surface area contributed by atoms with E-state index in [0.717, 1.165) is 44.3 Å². The molecule has 0 amide bonds. The lowest BCUT2D eigenvalue weighted by molar-refractivity contribution is -0.0332. The van der Waals surface area contributed by atoms with Gasteiger partial charge in [-0.3, -0.25) is 0 Å². The highest BCUT2D eigenvalue weighted by atomic mass is 16.3. The van der Waals surface area contributed by atoms with Crippen LogP contribution in [0.2, 0.25) is 0 Å². The first-order valence-electron chi connectivity index (χ1n) is 6.50. The number of anilines is 1. The average molecular weight is 232 g/mol. The number of aliphatic hydroxyl groups is 1. The van der Waals surface area contributed by atoms with E-state index in [4.69, 9.17) is 5.73 Å². The van der Waals surface area contributed by atoms with E-state index in [-0.39, 0.29) is 0 Å². The fraction of sp³-hybridized carbons (Fsp3) is 0.571. The van der Waals surface area contributed by atoms with Gasteiger partial charge in [-0.1, -0.05) is 6.07 Å². The summed E-state index contributed by atoms with van der Waals surface area (Å²) in [7, 11) is 0. The second kappa shape index (κ2) is 4.00. The van der Waals surface area contributed by atoms with Crippen molar-refractivity contribution in [3.8, 4) is 0 Å². The van der Waals surface area contributed by atoms with E-state index in [2.05, 4.69) is 17.4 Å². The van der Waals surface area contributed by atoms with Crippen molar-refractivity contribution in [1.29, 1.82) is 0 Å². The van der Waals surface area contributed by atoms with Gasteiger partial charge in [0.1, 0.15) is 0 Å². The Morgan fingerprint density at radius 2 is 2.24 bits per heavy atom.